The third-order valence-corrected chi connectivity index (χ3v) is 5.27. The molecular weight excluding hydrogens is 360 g/mol. The first kappa shape index (κ1) is 15.8. The molecule has 7 heteroatoms. The molecule has 4 rings (SSSR count). The van der Waals surface area contributed by atoms with Gasteiger partial charge in [0.05, 0.1) is 20.6 Å². The number of hydrogen-bond acceptors (Lipinski definition) is 5. The van der Waals surface area contributed by atoms with Crippen LogP contribution in [0.4, 0.5) is 5.13 Å². The summed E-state index contributed by atoms with van der Waals surface area (Å²) in [4.78, 5) is 29.4. The molecule has 0 unspecified atom stereocenters. The van der Waals surface area contributed by atoms with Crippen LogP contribution in [0, 0.1) is 6.92 Å². The van der Waals surface area contributed by atoms with Gasteiger partial charge in [-0.3, -0.25) is 14.9 Å². The Morgan fingerprint density at radius 3 is 2.84 bits per heavy atom. The largest absolute Gasteiger partial charge is 0.463 e. The molecule has 0 saturated heterocycles. The van der Waals surface area contributed by atoms with Crippen molar-refractivity contribution in [3.05, 3.63) is 69.0 Å². The lowest BCUT2D eigenvalue weighted by atomic mass is 10.1. The van der Waals surface area contributed by atoms with Gasteiger partial charge < -0.3 is 4.42 Å². The highest BCUT2D eigenvalue weighted by Crippen LogP contribution is 2.33. The standard InChI is InChI=1S/C18H11ClN2O3S/c1-9-6-7-12(19)16-14(9)20-18(25-16)21-17(23)11-8-24-13-5-3-2-4-10(13)15(11)22/h2-8H,1H3,(H,20,21,23). The van der Waals surface area contributed by atoms with Gasteiger partial charge in [0.15, 0.2) is 5.13 Å². The van der Waals surface area contributed by atoms with E-state index in [1.807, 2.05) is 13.0 Å². The number of benzene rings is 2. The number of amides is 1. The lowest BCUT2D eigenvalue weighted by Crippen LogP contribution is -2.21. The van der Waals surface area contributed by atoms with Crippen LogP contribution in [0.3, 0.4) is 0 Å². The lowest BCUT2D eigenvalue weighted by molar-refractivity contribution is 0.102. The van der Waals surface area contributed by atoms with Crippen LogP contribution in [-0.4, -0.2) is 10.9 Å². The van der Waals surface area contributed by atoms with Crippen LogP contribution in [0.1, 0.15) is 15.9 Å². The molecule has 0 aliphatic rings. The van der Waals surface area contributed by atoms with Crippen molar-refractivity contribution in [3.8, 4) is 0 Å². The number of carbonyl (C=O) groups is 1. The Kier molecular flexibility index (Phi) is 3.78. The van der Waals surface area contributed by atoms with Crippen molar-refractivity contribution in [3.63, 3.8) is 0 Å². The van der Waals surface area contributed by atoms with Crippen molar-refractivity contribution >= 4 is 55.2 Å². The van der Waals surface area contributed by atoms with Crippen molar-refractivity contribution in [1.82, 2.24) is 4.98 Å². The molecule has 1 amide bonds. The second-order valence-electron chi connectivity index (χ2n) is 5.49. The van der Waals surface area contributed by atoms with Crippen molar-refractivity contribution in [2.45, 2.75) is 6.92 Å². The van der Waals surface area contributed by atoms with Gasteiger partial charge in [-0.1, -0.05) is 41.1 Å². The minimum atomic E-state index is -0.563. The number of rotatable bonds is 2. The topological polar surface area (TPSA) is 72.2 Å². The zero-order valence-electron chi connectivity index (χ0n) is 13.0. The monoisotopic (exact) mass is 370 g/mol. The molecule has 0 aliphatic carbocycles. The molecule has 0 aliphatic heterocycles. The van der Waals surface area contributed by atoms with E-state index in [9.17, 15) is 9.59 Å². The Bertz CT molecular complexity index is 1160. The molecule has 0 fully saturated rings. The van der Waals surface area contributed by atoms with Gasteiger partial charge in [-0.25, -0.2) is 4.98 Å². The van der Waals surface area contributed by atoms with Gasteiger partial charge in [0, 0.05) is 0 Å². The number of halogens is 1. The minimum absolute atomic E-state index is 0.0687. The summed E-state index contributed by atoms with van der Waals surface area (Å²) in [5, 5.41) is 3.97. The van der Waals surface area contributed by atoms with Crippen LogP contribution in [-0.2, 0) is 0 Å². The van der Waals surface area contributed by atoms with Gasteiger partial charge in [0.1, 0.15) is 17.4 Å². The normalized spacial score (nSPS) is 11.1. The quantitative estimate of drug-likeness (QED) is 0.559. The van der Waals surface area contributed by atoms with Gasteiger partial charge in [0.25, 0.3) is 5.91 Å². The zero-order chi connectivity index (χ0) is 17.6. The van der Waals surface area contributed by atoms with Crippen LogP contribution in [0.2, 0.25) is 5.02 Å². The Hall–Kier alpha value is -2.70. The SMILES string of the molecule is Cc1ccc(Cl)c2sc(NC(=O)c3coc4ccccc4c3=O)nc12. The molecular formula is C18H11ClN2O3S. The molecule has 25 heavy (non-hydrogen) atoms. The average molecular weight is 371 g/mol. The number of fused-ring (bicyclic) bond motifs is 2. The van der Waals surface area contributed by atoms with E-state index >= 15 is 0 Å². The molecule has 2 heterocycles. The van der Waals surface area contributed by atoms with E-state index in [4.69, 9.17) is 16.0 Å². The van der Waals surface area contributed by atoms with Crippen molar-refractivity contribution in [1.29, 1.82) is 0 Å². The number of aromatic nitrogens is 1. The average Bonchev–Trinajstić information content (AvgIpc) is 3.04. The smallest absolute Gasteiger partial charge is 0.264 e. The van der Waals surface area contributed by atoms with Gasteiger partial charge in [-0.05, 0) is 30.7 Å². The molecule has 1 N–H and O–H groups in total. The van der Waals surface area contributed by atoms with Gasteiger partial charge in [0.2, 0.25) is 5.43 Å². The Morgan fingerprint density at radius 1 is 1.24 bits per heavy atom. The number of anilines is 1. The van der Waals surface area contributed by atoms with Gasteiger partial charge in [-0.15, -0.1) is 0 Å². The number of thiazole rings is 1. The Morgan fingerprint density at radius 2 is 2.04 bits per heavy atom. The van der Waals surface area contributed by atoms with E-state index in [2.05, 4.69) is 10.3 Å². The summed E-state index contributed by atoms with van der Waals surface area (Å²) in [5.41, 5.74) is 1.68. The fraction of sp³-hybridized carbons (Fsp3) is 0.0556. The molecule has 2 aromatic carbocycles. The fourth-order valence-corrected chi connectivity index (χ4v) is 3.77. The van der Waals surface area contributed by atoms with E-state index in [1.54, 1.807) is 30.3 Å². The maximum Gasteiger partial charge on any atom is 0.264 e. The van der Waals surface area contributed by atoms with E-state index < -0.39 is 5.91 Å². The van der Waals surface area contributed by atoms with Crippen LogP contribution in [0.25, 0.3) is 21.2 Å². The van der Waals surface area contributed by atoms with Crippen LogP contribution < -0.4 is 10.7 Å². The second kappa shape index (κ2) is 5.98. The number of nitrogens with zero attached hydrogens (tertiary/aromatic N) is 1. The summed E-state index contributed by atoms with van der Waals surface area (Å²) in [7, 11) is 0. The number of aryl methyl sites for hydroxylation is 1. The molecule has 0 radical (unpaired) electrons. The predicted molar refractivity (Wildman–Crippen MR) is 99.8 cm³/mol. The molecule has 0 saturated carbocycles. The maximum absolute atomic E-state index is 12.5. The summed E-state index contributed by atoms with van der Waals surface area (Å²) in [5.74, 6) is -0.563. The van der Waals surface area contributed by atoms with E-state index in [-0.39, 0.29) is 11.0 Å². The predicted octanol–water partition coefficient (Wildman–Crippen LogP) is 4.62. The fourth-order valence-electron chi connectivity index (χ4n) is 2.55. The Balaban J connectivity index is 1.73. The van der Waals surface area contributed by atoms with Gasteiger partial charge >= 0.3 is 0 Å². The number of carbonyl (C=O) groups excluding carboxylic acids is 1. The van der Waals surface area contributed by atoms with E-state index in [0.29, 0.717) is 21.1 Å². The van der Waals surface area contributed by atoms with Crippen molar-refractivity contribution < 1.29 is 9.21 Å². The third kappa shape index (κ3) is 2.69. The summed E-state index contributed by atoms with van der Waals surface area (Å²) < 4.78 is 6.17. The highest BCUT2D eigenvalue weighted by atomic mass is 35.5. The minimum Gasteiger partial charge on any atom is -0.463 e. The van der Waals surface area contributed by atoms with Crippen LogP contribution >= 0.6 is 22.9 Å². The summed E-state index contributed by atoms with van der Waals surface area (Å²) >= 11 is 7.44. The van der Waals surface area contributed by atoms with Crippen molar-refractivity contribution in [2.75, 3.05) is 5.32 Å². The molecule has 4 aromatic rings. The zero-order valence-corrected chi connectivity index (χ0v) is 14.6. The summed E-state index contributed by atoms with van der Waals surface area (Å²) in [6.45, 7) is 1.92. The first-order valence-electron chi connectivity index (χ1n) is 7.42. The second-order valence-corrected chi connectivity index (χ2v) is 6.90. The molecule has 0 atom stereocenters. The molecule has 5 nitrogen and oxygen atoms in total. The third-order valence-electron chi connectivity index (χ3n) is 3.84. The number of hydrogen-bond donors (Lipinski definition) is 1. The molecule has 0 bridgehead atoms. The van der Waals surface area contributed by atoms with Gasteiger partial charge in [-0.2, -0.15) is 0 Å². The molecule has 0 spiro atoms. The highest BCUT2D eigenvalue weighted by molar-refractivity contribution is 7.23. The number of para-hydroxylation sites is 1. The van der Waals surface area contributed by atoms with Crippen LogP contribution in [0.5, 0.6) is 0 Å². The first-order valence-corrected chi connectivity index (χ1v) is 8.61. The summed E-state index contributed by atoms with van der Waals surface area (Å²) in [6, 6.07) is 10.4. The first-order chi connectivity index (χ1) is 12.0. The highest BCUT2D eigenvalue weighted by Gasteiger charge is 2.17. The lowest BCUT2D eigenvalue weighted by Gasteiger charge is -2.02. The summed E-state index contributed by atoms with van der Waals surface area (Å²) in [6.07, 6.45) is 1.17. The van der Waals surface area contributed by atoms with E-state index in [1.165, 1.54) is 17.6 Å². The molecule has 124 valence electrons. The van der Waals surface area contributed by atoms with Crippen molar-refractivity contribution in [2.24, 2.45) is 0 Å². The number of nitrogens with one attached hydrogen (secondary N) is 1. The van der Waals surface area contributed by atoms with Crippen LogP contribution in [0.15, 0.2) is 51.9 Å². The van der Waals surface area contributed by atoms with E-state index in [0.717, 1.165) is 15.8 Å². The Labute approximate surface area is 150 Å². The molecule has 2 aromatic heterocycles. The maximum atomic E-state index is 12.5.